The lowest BCUT2D eigenvalue weighted by molar-refractivity contribution is 0.0996. The summed E-state index contributed by atoms with van der Waals surface area (Å²) in [4.78, 5) is 12.5. The van der Waals surface area contributed by atoms with Crippen LogP contribution in [-0.4, -0.2) is 5.78 Å². The Hall–Kier alpha value is -1.19. The first-order valence-corrected chi connectivity index (χ1v) is 6.35. The Kier molecular flexibility index (Phi) is 3.60. The molecule has 0 saturated carbocycles. The first-order chi connectivity index (χ1) is 8.08. The van der Waals surface area contributed by atoms with E-state index in [0.717, 1.165) is 11.1 Å². The molecule has 1 aromatic carbocycles. The number of rotatable bonds is 3. The van der Waals surface area contributed by atoms with Crippen LogP contribution >= 0.6 is 22.9 Å². The molecule has 2 rings (SSSR count). The number of carbonyl (C=O) groups is 1. The minimum atomic E-state index is -0.284. The van der Waals surface area contributed by atoms with Crippen molar-refractivity contribution in [3.05, 3.63) is 56.5 Å². The molecule has 0 amide bonds. The maximum atomic E-state index is 12.9. The first kappa shape index (κ1) is 12.3. The molecule has 88 valence electrons. The smallest absolute Gasteiger partial charge is 0.178 e. The zero-order valence-electron chi connectivity index (χ0n) is 9.17. The quantitative estimate of drug-likeness (QED) is 0.760. The predicted molar refractivity (Wildman–Crippen MR) is 68.5 cm³/mol. The van der Waals surface area contributed by atoms with Gasteiger partial charge in [0.1, 0.15) is 5.82 Å². The minimum Gasteiger partial charge on any atom is -0.293 e. The van der Waals surface area contributed by atoms with E-state index in [1.807, 2.05) is 0 Å². The summed E-state index contributed by atoms with van der Waals surface area (Å²) in [6.45, 7) is 1.79. The van der Waals surface area contributed by atoms with Crippen LogP contribution in [0.5, 0.6) is 0 Å². The molecule has 0 fully saturated rings. The summed E-state index contributed by atoms with van der Waals surface area (Å²) in [5.74, 6) is -0.312. The SMILES string of the molecule is Cc1cc(F)ccc1CC(=O)c1sccc1Cl. The standard InChI is InChI=1S/C13H10ClFOS/c1-8-6-10(15)3-2-9(8)7-12(16)13-11(14)4-5-17-13/h2-6H,7H2,1H3. The summed E-state index contributed by atoms with van der Waals surface area (Å²) in [5.41, 5.74) is 1.62. The summed E-state index contributed by atoms with van der Waals surface area (Å²) in [6.07, 6.45) is 0.256. The largest absolute Gasteiger partial charge is 0.293 e. The molecule has 4 heteroatoms. The second-order valence-electron chi connectivity index (χ2n) is 3.77. The number of thiophene rings is 1. The zero-order valence-corrected chi connectivity index (χ0v) is 10.7. The third-order valence-corrected chi connectivity index (χ3v) is 3.91. The van der Waals surface area contributed by atoms with Gasteiger partial charge in [0.15, 0.2) is 5.78 Å². The Morgan fingerprint density at radius 2 is 2.18 bits per heavy atom. The molecular formula is C13H10ClFOS. The summed E-state index contributed by atoms with van der Waals surface area (Å²) < 4.78 is 12.9. The molecule has 0 unspecified atom stereocenters. The molecule has 1 aromatic heterocycles. The van der Waals surface area contributed by atoms with Crippen molar-refractivity contribution < 1.29 is 9.18 Å². The molecule has 0 aliphatic heterocycles. The van der Waals surface area contributed by atoms with Gasteiger partial charge in [-0.3, -0.25) is 4.79 Å². The van der Waals surface area contributed by atoms with E-state index in [1.54, 1.807) is 24.4 Å². The van der Waals surface area contributed by atoms with Crippen molar-refractivity contribution in [1.29, 1.82) is 0 Å². The molecule has 0 bridgehead atoms. The molecule has 1 nitrogen and oxygen atoms in total. The van der Waals surface area contributed by atoms with Crippen LogP contribution in [0.4, 0.5) is 4.39 Å². The molecule has 0 aliphatic rings. The van der Waals surface area contributed by atoms with Crippen LogP contribution in [-0.2, 0) is 6.42 Å². The third-order valence-electron chi connectivity index (χ3n) is 2.53. The maximum Gasteiger partial charge on any atom is 0.178 e. The first-order valence-electron chi connectivity index (χ1n) is 5.09. The molecule has 0 atom stereocenters. The number of aryl methyl sites for hydroxylation is 1. The average molecular weight is 269 g/mol. The van der Waals surface area contributed by atoms with Gasteiger partial charge in [0.25, 0.3) is 0 Å². The highest BCUT2D eigenvalue weighted by Gasteiger charge is 2.13. The molecule has 0 saturated heterocycles. The van der Waals surface area contributed by atoms with Gasteiger partial charge in [0, 0.05) is 6.42 Å². The molecule has 0 N–H and O–H groups in total. The van der Waals surface area contributed by atoms with Crippen molar-refractivity contribution >= 4 is 28.7 Å². The summed E-state index contributed by atoms with van der Waals surface area (Å²) in [5, 5.41) is 2.27. The Morgan fingerprint density at radius 1 is 1.41 bits per heavy atom. The van der Waals surface area contributed by atoms with Gasteiger partial charge in [0.2, 0.25) is 0 Å². The van der Waals surface area contributed by atoms with E-state index in [9.17, 15) is 9.18 Å². The predicted octanol–water partition coefficient (Wildman–Crippen LogP) is 4.27. The molecule has 0 radical (unpaired) electrons. The number of Topliss-reactive ketones (excluding diaryl/α,β-unsaturated/α-hetero) is 1. The van der Waals surface area contributed by atoms with Gasteiger partial charge in [-0.05, 0) is 41.6 Å². The fourth-order valence-electron chi connectivity index (χ4n) is 1.60. The molecular weight excluding hydrogens is 259 g/mol. The van der Waals surface area contributed by atoms with Crippen LogP contribution in [0.1, 0.15) is 20.8 Å². The maximum absolute atomic E-state index is 12.9. The fourth-order valence-corrected chi connectivity index (χ4v) is 2.70. The van der Waals surface area contributed by atoms with Gasteiger partial charge in [-0.1, -0.05) is 17.7 Å². The van der Waals surface area contributed by atoms with E-state index in [2.05, 4.69) is 0 Å². The molecule has 2 aromatic rings. The van der Waals surface area contributed by atoms with Crippen molar-refractivity contribution in [2.45, 2.75) is 13.3 Å². The zero-order chi connectivity index (χ0) is 12.4. The number of halogens is 2. The molecule has 1 heterocycles. The topological polar surface area (TPSA) is 17.1 Å². The summed E-state index contributed by atoms with van der Waals surface area (Å²) >= 11 is 7.23. The summed E-state index contributed by atoms with van der Waals surface area (Å²) in [7, 11) is 0. The van der Waals surface area contributed by atoms with E-state index in [1.165, 1.54) is 23.5 Å². The van der Waals surface area contributed by atoms with Crippen LogP contribution in [0.3, 0.4) is 0 Å². The molecule has 0 spiro atoms. The number of hydrogen-bond acceptors (Lipinski definition) is 2. The van der Waals surface area contributed by atoms with Crippen LogP contribution in [0.2, 0.25) is 5.02 Å². The highest BCUT2D eigenvalue weighted by molar-refractivity contribution is 7.12. The highest BCUT2D eigenvalue weighted by Crippen LogP contribution is 2.24. The lowest BCUT2D eigenvalue weighted by Crippen LogP contribution is -2.03. The van der Waals surface area contributed by atoms with Crippen LogP contribution in [0.25, 0.3) is 0 Å². The second kappa shape index (κ2) is 4.98. The van der Waals surface area contributed by atoms with E-state index in [4.69, 9.17) is 11.6 Å². The van der Waals surface area contributed by atoms with Gasteiger partial charge in [-0.25, -0.2) is 4.39 Å². The number of benzene rings is 1. The van der Waals surface area contributed by atoms with Crippen LogP contribution in [0.15, 0.2) is 29.6 Å². The third kappa shape index (κ3) is 2.73. The second-order valence-corrected chi connectivity index (χ2v) is 5.09. The number of ketones is 1. The van der Waals surface area contributed by atoms with E-state index >= 15 is 0 Å². The fraction of sp³-hybridized carbons (Fsp3) is 0.154. The van der Waals surface area contributed by atoms with Gasteiger partial charge in [-0.15, -0.1) is 11.3 Å². The summed E-state index contributed by atoms with van der Waals surface area (Å²) in [6, 6.07) is 6.14. The monoisotopic (exact) mass is 268 g/mol. The van der Waals surface area contributed by atoms with Crippen molar-refractivity contribution in [1.82, 2.24) is 0 Å². The average Bonchev–Trinajstić information content (AvgIpc) is 2.68. The van der Waals surface area contributed by atoms with E-state index in [0.29, 0.717) is 9.90 Å². The van der Waals surface area contributed by atoms with Gasteiger partial charge >= 0.3 is 0 Å². The number of carbonyl (C=O) groups excluding carboxylic acids is 1. The van der Waals surface area contributed by atoms with Crippen molar-refractivity contribution in [2.24, 2.45) is 0 Å². The van der Waals surface area contributed by atoms with E-state index < -0.39 is 0 Å². The normalized spacial score (nSPS) is 10.5. The minimum absolute atomic E-state index is 0.0280. The van der Waals surface area contributed by atoms with Crippen LogP contribution in [0, 0.1) is 12.7 Å². The highest BCUT2D eigenvalue weighted by atomic mass is 35.5. The molecule has 17 heavy (non-hydrogen) atoms. The van der Waals surface area contributed by atoms with E-state index in [-0.39, 0.29) is 18.0 Å². The van der Waals surface area contributed by atoms with Crippen LogP contribution < -0.4 is 0 Å². The van der Waals surface area contributed by atoms with Gasteiger partial charge in [-0.2, -0.15) is 0 Å². The van der Waals surface area contributed by atoms with Gasteiger partial charge in [0.05, 0.1) is 9.90 Å². The molecule has 0 aliphatic carbocycles. The van der Waals surface area contributed by atoms with Crippen molar-refractivity contribution in [2.75, 3.05) is 0 Å². The number of hydrogen-bond donors (Lipinski definition) is 0. The Balaban J connectivity index is 2.22. The van der Waals surface area contributed by atoms with Crippen molar-refractivity contribution in [3.63, 3.8) is 0 Å². The Morgan fingerprint density at radius 3 is 2.76 bits per heavy atom. The lowest BCUT2D eigenvalue weighted by atomic mass is 10.0. The Bertz CT molecular complexity index is 562. The lowest BCUT2D eigenvalue weighted by Gasteiger charge is -2.04. The Labute approximate surface area is 108 Å². The van der Waals surface area contributed by atoms with Gasteiger partial charge < -0.3 is 0 Å². The van der Waals surface area contributed by atoms with Crippen molar-refractivity contribution in [3.8, 4) is 0 Å².